The van der Waals surface area contributed by atoms with E-state index in [-0.39, 0.29) is 0 Å². The maximum atomic E-state index is 12.9. The minimum atomic E-state index is -3.46. The fourth-order valence-corrected chi connectivity index (χ4v) is 5.65. The molecule has 1 saturated heterocycles. The molecule has 2 fully saturated rings. The van der Waals surface area contributed by atoms with Crippen LogP contribution in [-0.2, 0) is 15.6 Å². The van der Waals surface area contributed by atoms with Crippen molar-refractivity contribution in [3.63, 3.8) is 0 Å². The average Bonchev–Trinajstić information content (AvgIpc) is 3.32. The second-order valence-electron chi connectivity index (χ2n) is 7.92. The molecule has 1 unspecified atom stereocenters. The van der Waals surface area contributed by atoms with Crippen molar-refractivity contribution in [1.29, 1.82) is 0 Å². The van der Waals surface area contributed by atoms with Gasteiger partial charge in [-0.15, -0.1) is 0 Å². The summed E-state index contributed by atoms with van der Waals surface area (Å²) in [6.07, 6.45) is 5.84. The van der Waals surface area contributed by atoms with Crippen molar-refractivity contribution in [1.82, 2.24) is 14.4 Å². The molecule has 0 spiro atoms. The zero-order valence-corrected chi connectivity index (χ0v) is 16.4. The highest BCUT2D eigenvalue weighted by Crippen LogP contribution is 2.35. The van der Waals surface area contributed by atoms with E-state index in [0.717, 1.165) is 38.5 Å². The first-order valence-corrected chi connectivity index (χ1v) is 11.1. The van der Waals surface area contributed by atoms with Crippen LogP contribution in [-0.4, -0.2) is 36.0 Å². The number of hydrogen-bond donors (Lipinski definition) is 1. The Morgan fingerprint density at radius 3 is 2.56 bits per heavy atom. The molecular weight excluding hydrogens is 364 g/mol. The molecule has 0 amide bonds. The molecule has 2 heterocycles. The van der Waals surface area contributed by atoms with Gasteiger partial charge in [0.25, 0.3) is 5.89 Å². The number of piperidine rings is 1. The maximum absolute atomic E-state index is 12.9. The van der Waals surface area contributed by atoms with Gasteiger partial charge < -0.3 is 10.3 Å². The Balaban J connectivity index is 1.55. The molecule has 1 aromatic carbocycles. The lowest BCUT2D eigenvalue weighted by atomic mass is 9.99. The van der Waals surface area contributed by atoms with Crippen LogP contribution in [0.15, 0.2) is 33.7 Å². The predicted molar refractivity (Wildman–Crippen MR) is 101 cm³/mol. The summed E-state index contributed by atoms with van der Waals surface area (Å²) in [7, 11) is -3.46. The van der Waals surface area contributed by atoms with Gasteiger partial charge in [0.15, 0.2) is 5.82 Å². The van der Waals surface area contributed by atoms with Gasteiger partial charge in [0, 0.05) is 18.7 Å². The number of rotatable bonds is 4. The average molecular weight is 391 g/mol. The topological polar surface area (TPSA) is 102 Å². The molecule has 146 valence electrons. The molecule has 1 atom stereocenters. The number of aromatic nitrogens is 2. The summed E-state index contributed by atoms with van der Waals surface area (Å²) in [6, 6.07) is 6.66. The predicted octanol–water partition coefficient (Wildman–Crippen LogP) is 2.89. The minimum Gasteiger partial charge on any atom is -0.334 e. The van der Waals surface area contributed by atoms with E-state index in [1.807, 2.05) is 0 Å². The van der Waals surface area contributed by atoms with Crippen LogP contribution < -0.4 is 5.73 Å². The van der Waals surface area contributed by atoms with Crippen molar-refractivity contribution in [3.05, 3.63) is 30.1 Å². The molecule has 1 aromatic heterocycles. The highest BCUT2D eigenvalue weighted by molar-refractivity contribution is 7.89. The molecule has 27 heavy (non-hydrogen) atoms. The third kappa shape index (κ3) is 3.53. The van der Waals surface area contributed by atoms with Crippen molar-refractivity contribution in [2.75, 3.05) is 13.1 Å². The summed E-state index contributed by atoms with van der Waals surface area (Å²) in [6.45, 7) is 3.25. The molecular formula is C19H26N4O3S. The van der Waals surface area contributed by atoms with Crippen molar-refractivity contribution in [2.24, 2.45) is 11.7 Å². The zero-order chi connectivity index (χ0) is 19.1. The van der Waals surface area contributed by atoms with E-state index in [1.165, 1.54) is 0 Å². The molecule has 0 bridgehead atoms. The summed E-state index contributed by atoms with van der Waals surface area (Å²) in [4.78, 5) is 4.76. The van der Waals surface area contributed by atoms with Crippen LogP contribution in [0.5, 0.6) is 0 Å². The summed E-state index contributed by atoms with van der Waals surface area (Å²) in [5, 5.41) is 4.06. The van der Waals surface area contributed by atoms with Gasteiger partial charge >= 0.3 is 0 Å². The Morgan fingerprint density at radius 2 is 1.89 bits per heavy atom. The molecule has 1 saturated carbocycles. The fraction of sp³-hybridized carbons (Fsp3) is 0.579. The zero-order valence-electron chi connectivity index (χ0n) is 15.6. The van der Waals surface area contributed by atoms with Gasteiger partial charge in [-0.3, -0.25) is 0 Å². The first-order valence-electron chi connectivity index (χ1n) is 9.62. The molecule has 2 N–H and O–H groups in total. The van der Waals surface area contributed by atoms with Gasteiger partial charge in [0.05, 0.1) is 10.4 Å². The van der Waals surface area contributed by atoms with Crippen molar-refractivity contribution < 1.29 is 12.9 Å². The van der Waals surface area contributed by atoms with Gasteiger partial charge in [-0.1, -0.05) is 24.9 Å². The highest BCUT2D eigenvalue weighted by atomic mass is 32.2. The van der Waals surface area contributed by atoms with Crippen molar-refractivity contribution in [3.8, 4) is 11.5 Å². The van der Waals surface area contributed by atoms with E-state index < -0.39 is 15.6 Å². The van der Waals surface area contributed by atoms with E-state index in [4.69, 9.17) is 10.3 Å². The molecule has 4 rings (SSSR count). The normalized spacial score (nSPS) is 23.6. The van der Waals surface area contributed by atoms with Gasteiger partial charge in [0.1, 0.15) is 0 Å². The third-order valence-electron chi connectivity index (χ3n) is 5.73. The molecule has 7 nitrogen and oxygen atoms in total. The number of hydrogen-bond acceptors (Lipinski definition) is 6. The third-order valence-corrected chi connectivity index (χ3v) is 7.61. The number of benzene rings is 1. The maximum Gasteiger partial charge on any atom is 0.257 e. The Bertz CT molecular complexity index is 901. The second-order valence-corrected chi connectivity index (χ2v) is 9.86. The van der Waals surface area contributed by atoms with Crippen LogP contribution >= 0.6 is 0 Å². The largest absolute Gasteiger partial charge is 0.334 e. The van der Waals surface area contributed by atoms with E-state index in [0.29, 0.717) is 41.2 Å². The van der Waals surface area contributed by atoms with E-state index in [1.54, 1.807) is 28.6 Å². The second kappa shape index (κ2) is 7.00. The van der Waals surface area contributed by atoms with Gasteiger partial charge in [-0.25, -0.2) is 8.42 Å². The standard InChI is InChI=1S/C19H26N4O3S/c1-14-5-4-12-23(13-14)27(24,25)16-8-6-15(7-9-16)17-21-18(22-26-17)19(20)10-2-3-11-19/h6-9,14H,2-5,10-13,20H2,1H3. The minimum absolute atomic E-state index is 0.297. The monoisotopic (exact) mass is 390 g/mol. The SMILES string of the molecule is CC1CCCN(S(=O)(=O)c2ccc(-c3nc(C4(N)CCCC4)no3)cc2)C1. The molecule has 2 aliphatic rings. The molecule has 1 aliphatic heterocycles. The van der Waals surface area contributed by atoms with Gasteiger partial charge in [0.2, 0.25) is 10.0 Å². The number of sulfonamides is 1. The first kappa shape index (κ1) is 18.6. The number of nitrogens with zero attached hydrogens (tertiary/aromatic N) is 3. The molecule has 0 radical (unpaired) electrons. The Hall–Kier alpha value is -1.77. The van der Waals surface area contributed by atoms with Crippen LogP contribution in [0.25, 0.3) is 11.5 Å². The Labute approximate surface area is 160 Å². The fourth-order valence-electron chi connectivity index (χ4n) is 4.06. The highest BCUT2D eigenvalue weighted by Gasteiger charge is 2.36. The Kier molecular flexibility index (Phi) is 4.82. The van der Waals surface area contributed by atoms with Gasteiger partial charge in [-0.05, 0) is 55.9 Å². The summed E-state index contributed by atoms with van der Waals surface area (Å²) < 4.78 is 32.7. The lowest BCUT2D eigenvalue weighted by molar-refractivity contribution is 0.281. The summed E-state index contributed by atoms with van der Waals surface area (Å²) in [5.41, 5.74) is 6.57. The summed E-state index contributed by atoms with van der Waals surface area (Å²) in [5.74, 6) is 1.30. The lowest BCUT2D eigenvalue weighted by Gasteiger charge is -2.30. The quantitative estimate of drug-likeness (QED) is 0.861. The van der Waals surface area contributed by atoms with E-state index >= 15 is 0 Å². The molecule has 2 aromatic rings. The van der Waals surface area contributed by atoms with Crippen LogP contribution in [0.4, 0.5) is 0 Å². The van der Waals surface area contributed by atoms with Crippen LogP contribution in [0.1, 0.15) is 51.3 Å². The lowest BCUT2D eigenvalue weighted by Crippen LogP contribution is -2.39. The molecule has 1 aliphatic carbocycles. The van der Waals surface area contributed by atoms with Gasteiger partial charge in [-0.2, -0.15) is 9.29 Å². The first-order chi connectivity index (χ1) is 12.9. The van der Waals surface area contributed by atoms with E-state index in [9.17, 15) is 8.42 Å². The summed E-state index contributed by atoms with van der Waals surface area (Å²) >= 11 is 0. The smallest absolute Gasteiger partial charge is 0.257 e. The number of nitrogens with two attached hydrogens (primary N) is 1. The van der Waals surface area contributed by atoms with Crippen LogP contribution in [0.2, 0.25) is 0 Å². The Morgan fingerprint density at radius 1 is 1.19 bits per heavy atom. The van der Waals surface area contributed by atoms with E-state index in [2.05, 4.69) is 17.1 Å². The van der Waals surface area contributed by atoms with Crippen LogP contribution in [0.3, 0.4) is 0 Å². The van der Waals surface area contributed by atoms with Crippen molar-refractivity contribution in [2.45, 2.75) is 55.9 Å². The molecule has 8 heteroatoms. The van der Waals surface area contributed by atoms with Crippen molar-refractivity contribution >= 4 is 10.0 Å². The van der Waals surface area contributed by atoms with Crippen LogP contribution in [0, 0.1) is 5.92 Å².